The fraction of sp³-hybridized carbons (Fsp3) is 0.600. The van der Waals surface area contributed by atoms with Crippen molar-refractivity contribution in [3.63, 3.8) is 0 Å². The topological polar surface area (TPSA) is 83.7 Å². The normalized spacial score (nSPS) is 15.8. The van der Waals surface area contributed by atoms with E-state index >= 15 is 0 Å². The van der Waals surface area contributed by atoms with Crippen molar-refractivity contribution in [3.05, 3.63) is 11.9 Å². The highest BCUT2D eigenvalue weighted by Gasteiger charge is 2.00. The molecule has 0 saturated heterocycles. The third-order valence-electron chi connectivity index (χ3n) is 1.18. The molecule has 0 fully saturated rings. The van der Waals surface area contributed by atoms with E-state index in [1.807, 2.05) is 0 Å². The van der Waals surface area contributed by atoms with Gasteiger partial charge in [-0.05, 0) is 0 Å². The second-order valence-electron chi connectivity index (χ2n) is 2.49. The summed E-state index contributed by atoms with van der Waals surface area (Å²) in [6.07, 6.45) is 2.89. The Morgan fingerprint density at radius 3 is 2.92 bits per heavy atom. The van der Waals surface area contributed by atoms with E-state index in [1.165, 1.54) is 11.1 Å². The maximum absolute atomic E-state index is 10.9. The van der Waals surface area contributed by atoms with Crippen molar-refractivity contribution in [1.29, 1.82) is 4.78 Å². The number of aryl methyl sites for hydroxylation is 1. The van der Waals surface area contributed by atoms with E-state index in [1.54, 1.807) is 13.2 Å². The monoisotopic (exact) mass is 189 g/mol. The third kappa shape index (κ3) is 2.97. The van der Waals surface area contributed by atoms with Crippen molar-refractivity contribution in [1.82, 2.24) is 19.7 Å². The molecule has 2 N–H and O–H groups in total. The van der Waals surface area contributed by atoms with Crippen LogP contribution in [0.25, 0.3) is 0 Å². The van der Waals surface area contributed by atoms with Crippen LogP contribution in [0.3, 0.4) is 0 Å². The summed E-state index contributed by atoms with van der Waals surface area (Å²) >= 11 is 0. The van der Waals surface area contributed by atoms with Gasteiger partial charge in [0.25, 0.3) is 0 Å². The summed E-state index contributed by atoms with van der Waals surface area (Å²) in [5, 5.41) is 7.78. The lowest BCUT2D eigenvalue weighted by molar-refractivity contribution is 0.638. The molecule has 6 nitrogen and oxygen atoms in total. The number of rotatable bonds is 3. The SMILES string of the molecule is Cn1ncc(CNS(C)(=N)=O)n1. The lowest BCUT2D eigenvalue weighted by Gasteiger charge is -1.99. The molecule has 1 aromatic rings. The first-order chi connectivity index (χ1) is 5.47. The Morgan fingerprint density at radius 1 is 1.83 bits per heavy atom. The predicted octanol–water partition coefficient (Wildman–Crippen LogP) is -0.504. The van der Waals surface area contributed by atoms with Crippen molar-refractivity contribution < 1.29 is 4.21 Å². The Morgan fingerprint density at radius 2 is 2.50 bits per heavy atom. The van der Waals surface area contributed by atoms with E-state index in [9.17, 15) is 4.21 Å². The second-order valence-corrected chi connectivity index (χ2v) is 4.47. The summed E-state index contributed by atoms with van der Waals surface area (Å²) in [5.41, 5.74) is 0.680. The molecular weight excluding hydrogens is 178 g/mol. The van der Waals surface area contributed by atoms with Gasteiger partial charge in [0, 0.05) is 13.3 Å². The van der Waals surface area contributed by atoms with Gasteiger partial charge in [-0.1, -0.05) is 0 Å². The smallest absolute Gasteiger partial charge is 0.102 e. The van der Waals surface area contributed by atoms with Crippen LogP contribution in [0.1, 0.15) is 5.69 Å². The van der Waals surface area contributed by atoms with Crippen molar-refractivity contribution in [3.8, 4) is 0 Å². The summed E-state index contributed by atoms with van der Waals surface area (Å²) in [6, 6.07) is 0. The van der Waals surface area contributed by atoms with Crippen LogP contribution in [0.5, 0.6) is 0 Å². The van der Waals surface area contributed by atoms with Crippen LogP contribution in [0.15, 0.2) is 6.20 Å². The van der Waals surface area contributed by atoms with E-state index in [0.29, 0.717) is 12.2 Å². The molecule has 0 aliphatic rings. The van der Waals surface area contributed by atoms with Crippen LogP contribution >= 0.6 is 0 Å². The molecule has 0 radical (unpaired) electrons. The van der Waals surface area contributed by atoms with Crippen molar-refractivity contribution in [2.24, 2.45) is 7.05 Å². The zero-order valence-electron chi connectivity index (χ0n) is 6.94. The molecule has 0 bridgehead atoms. The largest absolute Gasteiger partial charge is 0.241 e. The average Bonchev–Trinajstić information content (AvgIpc) is 2.30. The Kier molecular flexibility index (Phi) is 2.43. The first kappa shape index (κ1) is 9.14. The van der Waals surface area contributed by atoms with Crippen molar-refractivity contribution in [2.45, 2.75) is 6.54 Å². The highest BCUT2D eigenvalue weighted by atomic mass is 32.2. The molecule has 0 aromatic carbocycles. The van der Waals surface area contributed by atoms with Crippen LogP contribution in [-0.2, 0) is 23.5 Å². The van der Waals surface area contributed by atoms with Crippen LogP contribution in [0.4, 0.5) is 0 Å². The third-order valence-corrected chi connectivity index (χ3v) is 1.87. The Bertz CT molecular complexity index is 354. The minimum atomic E-state index is -2.64. The van der Waals surface area contributed by atoms with E-state index < -0.39 is 9.92 Å². The minimum absolute atomic E-state index is 0.312. The molecular formula is C5H11N5OS. The van der Waals surface area contributed by atoms with Gasteiger partial charge in [-0.25, -0.2) is 13.7 Å². The Hall–Kier alpha value is -0.950. The molecule has 1 aromatic heterocycles. The molecule has 7 heteroatoms. The number of hydrogen-bond donors (Lipinski definition) is 2. The van der Waals surface area contributed by atoms with Crippen LogP contribution in [-0.4, -0.2) is 25.5 Å². The summed E-state index contributed by atoms with van der Waals surface area (Å²) in [4.78, 5) is 1.42. The molecule has 1 rings (SSSR count). The average molecular weight is 189 g/mol. The Labute approximate surface area is 71.1 Å². The van der Waals surface area contributed by atoms with Gasteiger partial charge in [0.2, 0.25) is 0 Å². The molecule has 1 heterocycles. The highest BCUT2D eigenvalue weighted by molar-refractivity contribution is 7.89. The zero-order valence-corrected chi connectivity index (χ0v) is 7.76. The molecule has 1 unspecified atom stereocenters. The van der Waals surface area contributed by atoms with Crippen molar-refractivity contribution >= 4 is 9.92 Å². The van der Waals surface area contributed by atoms with Gasteiger partial charge >= 0.3 is 0 Å². The highest BCUT2D eigenvalue weighted by Crippen LogP contribution is 1.90. The first-order valence-corrected chi connectivity index (χ1v) is 5.27. The molecule has 0 amide bonds. The molecule has 12 heavy (non-hydrogen) atoms. The quantitative estimate of drug-likeness (QED) is 0.672. The molecule has 0 saturated carbocycles. The number of nitrogens with one attached hydrogen (secondary N) is 2. The van der Waals surface area contributed by atoms with Gasteiger partial charge < -0.3 is 0 Å². The molecule has 1 atom stereocenters. The molecule has 68 valence electrons. The summed E-state index contributed by atoms with van der Waals surface area (Å²) in [7, 11) is -0.938. The maximum Gasteiger partial charge on any atom is 0.102 e. The van der Waals surface area contributed by atoms with Crippen LogP contribution in [0, 0.1) is 4.78 Å². The molecule has 0 spiro atoms. The van der Waals surface area contributed by atoms with Crippen LogP contribution in [0.2, 0.25) is 0 Å². The van der Waals surface area contributed by atoms with Gasteiger partial charge in [0.05, 0.1) is 18.4 Å². The number of nitrogens with zero attached hydrogens (tertiary/aromatic N) is 3. The van der Waals surface area contributed by atoms with Gasteiger partial charge in [0.15, 0.2) is 0 Å². The fourth-order valence-corrected chi connectivity index (χ4v) is 1.10. The molecule has 0 aliphatic carbocycles. The first-order valence-electron chi connectivity index (χ1n) is 3.31. The van der Waals surface area contributed by atoms with Crippen molar-refractivity contribution in [2.75, 3.05) is 6.26 Å². The number of hydrogen-bond acceptors (Lipinski definition) is 4. The number of aromatic nitrogens is 3. The van der Waals surface area contributed by atoms with Crippen LogP contribution < -0.4 is 4.72 Å². The van der Waals surface area contributed by atoms with Gasteiger partial charge in [-0.15, -0.1) is 0 Å². The van der Waals surface area contributed by atoms with E-state index in [2.05, 4.69) is 14.9 Å². The zero-order chi connectivity index (χ0) is 9.19. The summed E-state index contributed by atoms with van der Waals surface area (Å²) < 4.78 is 20.4. The standard InChI is InChI=1S/C5H11N5OS/c1-10-7-3-5(9-10)4-8-12(2,6)11/h3H,4H2,1-2H3,(H2,6,8,11). The Balaban J connectivity index is 2.55. The molecule has 0 aliphatic heterocycles. The van der Waals surface area contributed by atoms with Gasteiger partial charge in [0.1, 0.15) is 9.92 Å². The van der Waals surface area contributed by atoms with Gasteiger partial charge in [-0.2, -0.15) is 15.0 Å². The summed E-state index contributed by atoms with van der Waals surface area (Å²) in [5.74, 6) is 0. The minimum Gasteiger partial charge on any atom is -0.241 e. The van der Waals surface area contributed by atoms with Gasteiger partial charge in [-0.3, -0.25) is 0 Å². The predicted molar refractivity (Wildman–Crippen MR) is 44.6 cm³/mol. The lowest BCUT2D eigenvalue weighted by Crippen LogP contribution is -2.20. The lowest BCUT2D eigenvalue weighted by atomic mass is 10.5. The maximum atomic E-state index is 10.9. The van der Waals surface area contributed by atoms with E-state index in [4.69, 9.17) is 4.78 Å². The summed E-state index contributed by atoms with van der Waals surface area (Å²) in [6.45, 7) is 0.312. The fourth-order valence-electron chi connectivity index (χ4n) is 0.680. The van der Waals surface area contributed by atoms with E-state index in [-0.39, 0.29) is 0 Å². The second kappa shape index (κ2) is 3.20. The van der Waals surface area contributed by atoms with E-state index in [0.717, 1.165) is 0 Å².